The topological polar surface area (TPSA) is 81.4 Å². The Hall–Kier alpha value is -3.13. The Morgan fingerprint density at radius 1 is 1.23 bits per heavy atom. The number of imidazole rings is 1. The normalized spacial score (nSPS) is 23.9. The molecule has 0 spiro atoms. The molecule has 0 saturated carbocycles. The zero-order valence-electron chi connectivity index (χ0n) is 17.3. The van der Waals surface area contributed by atoms with E-state index in [0.717, 1.165) is 11.3 Å². The van der Waals surface area contributed by atoms with Crippen molar-refractivity contribution in [2.75, 3.05) is 26.3 Å². The SMILES string of the molecule is Cn1ccc(/C=C/C(=O)N2CC3COCCC3(NC(=O)/C=C/c3cn(C)cn3)C2)c1. The predicted octanol–water partition coefficient (Wildman–Crippen LogP) is 1.22. The summed E-state index contributed by atoms with van der Waals surface area (Å²) in [5.74, 6) is -0.153. The lowest BCUT2D eigenvalue weighted by Gasteiger charge is -2.38. The Morgan fingerprint density at radius 2 is 2.10 bits per heavy atom. The molecule has 2 saturated heterocycles. The van der Waals surface area contributed by atoms with Gasteiger partial charge in [0.15, 0.2) is 0 Å². The van der Waals surface area contributed by atoms with Crippen LogP contribution in [0.5, 0.6) is 0 Å². The summed E-state index contributed by atoms with van der Waals surface area (Å²) in [4.78, 5) is 31.4. The van der Waals surface area contributed by atoms with Crippen LogP contribution in [0.15, 0.2) is 43.1 Å². The second-order valence-corrected chi connectivity index (χ2v) is 8.13. The molecule has 2 aliphatic heterocycles. The van der Waals surface area contributed by atoms with Gasteiger partial charge >= 0.3 is 0 Å². The third-order valence-corrected chi connectivity index (χ3v) is 5.79. The van der Waals surface area contributed by atoms with Crippen molar-refractivity contribution in [3.05, 3.63) is 54.4 Å². The highest BCUT2D eigenvalue weighted by Crippen LogP contribution is 2.34. The van der Waals surface area contributed by atoms with Crippen molar-refractivity contribution >= 4 is 24.0 Å². The van der Waals surface area contributed by atoms with E-state index in [2.05, 4.69) is 10.3 Å². The number of hydrogen-bond donors (Lipinski definition) is 1. The predicted molar refractivity (Wildman–Crippen MR) is 113 cm³/mol. The van der Waals surface area contributed by atoms with Crippen LogP contribution >= 0.6 is 0 Å². The molecule has 2 aromatic rings. The van der Waals surface area contributed by atoms with E-state index in [0.29, 0.717) is 32.7 Å². The van der Waals surface area contributed by atoms with Crippen LogP contribution in [-0.4, -0.2) is 62.7 Å². The first-order valence-electron chi connectivity index (χ1n) is 10.1. The van der Waals surface area contributed by atoms with Crippen LogP contribution in [-0.2, 0) is 28.4 Å². The standard InChI is InChI=1S/C22H27N5O3/c1-25-9-7-17(11-25)3-6-21(29)27-12-18-14-30-10-8-22(18,15-27)24-20(28)5-4-19-13-26(2)16-23-19/h3-7,9,11,13,16,18H,8,10,12,14-15H2,1-2H3,(H,24,28)/b5-4+,6-3+. The number of fused-ring (bicyclic) bond motifs is 1. The van der Waals surface area contributed by atoms with E-state index in [1.165, 1.54) is 6.08 Å². The van der Waals surface area contributed by atoms with Gasteiger partial charge < -0.3 is 24.1 Å². The molecule has 2 fully saturated rings. The molecular weight excluding hydrogens is 382 g/mol. The summed E-state index contributed by atoms with van der Waals surface area (Å²) < 4.78 is 9.41. The zero-order chi connectivity index (χ0) is 21.1. The van der Waals surface area contributed by atoms with Gasteiger partial charge in [-0.25, -0.2) is 4.98 Å². The number of aromatic nitrogens is 3. The number of nitrogens with one attached hydrogen (secondary N) is 1. The van der Waals surface area contributed by atoms with Gasteiger partial charge in [-0.3, -0.25) is 9.59 Å². The Labute approximate surface area is 175 Å². The number of ether oxygens (including phenoxy) is 1. The molecule has 2 unspecified atom stereocenters. The van der Waals surface area contributed by atoms with Crippen molar-refractivity contribution in [3.8, 4) is 0 Å². The maximum Gasteiger partial charge on any atom is 0.246 e. The molecule has 4 rings (SSSR count). The quantitative estimate of drug-likeness (QED) is 0.753. The smallest absolute Gasteiger partial charge is 0.246 e. The van der Waals surface area contributed by atoms with E-state index in [4.69, 9.17) is 4.74 Å². The van der Waals surface area contributed by atoms with E-state index >= 15 is 0 Å². The monoisotopic (exact) mass is 409 g/mol. The molecule has 2 aliphatic rings. The summed E-state index contributed by atoms with van der Waals surface area (Å²) in [6, 6.07) is 1.96. The van der Waals surface area contributed by atoms with Gasteiger partial charge in [-0.05, 0) is 30.2 Å². The van der Waals surface area contributed by atoms with Crippen LogP contribution < -0.4 is 5.32 Å². The third kappa shape index (κ3) is 4.38. The Balaban J connectivity index is 1.43. The third-order valence-electron chi connectivity index (χ3n) is 5.79. The van der Waals surface area contributed by atoms with E-state index in [-0.39, 0.29) is 17.7 Å². The summed E-state index contributed by atoms with van der Waals surface area (Å²) in [7, 11) is 3.82. The van der Waals surface area contributed by atoms with Gasteiger partial charge in [-0.2, -0.15) is 0 Å². The van der Waals surface area contributed by atoms with Crippen molar-refractivity contribution in [1.82, 2.24) is 24.3 Å². The molecule has 0 aromatic carbocycles. The molecular formula is C22H27N5O3. The van der Waals surface area contributed by atoms with Crippen LogP contribution in [0.1, 0.15) is 17.7 Å². The van der Waals surface area contributed by atoms with Gasteiger partial charge in [-0.15, -0.1) is 0 Å². The number of carbonyl (C=O) groups excluding carboxylic acids is 2. The maximum atomic E-state index is 12.8. The van der Waals surface area contributed by atoms with Crippen LogP contribution in [0, 0.1) is 5.92 Å². The molecule has 0 aliphatic carbocycles. The van der Waals surface area contributed by atoms with Gasteiger partial charge in [0.05, 0.1) is 24.2 Å². The number of rotatable bonds is 5. The summed E-state index contributed by atoms with van der Waals surface area (Å²) in [5.41, 5.74) is 1.25. The first kappa shape index (κ1) is 20.2. The van der Waals surface area contributed by atoms with Gasteiger partial charge in [0.25, 0.3) is 0 Å². The average Bonchev–Trinajstić information content (AvgIpc) is 3.42. The zero-order valence-corrected chi connectivity index (χ0v) is 17.3. The van der Waals surface area contributed by atoms with Crippen molar-refractivity contribution in [2.24, 2.45) is 20.0 Å². The molecule has 2 amide bonds. The first-order chi connectivity index (χ1) is 14.4. The molecule has 8 heteroatoms. The van der Waals surface area contributed by atoms with Crippen molar-refractivity contribution < 1.29 is 14.3 Å². The lowest BCUT2D eigenvalue weighted by Crippen LogP contribution is -2.57. The second kappa shape index (κ2) is 8.31. The number of nitrogens with zero attached hydrogens (tertiary/aromatic N) is 4. The number of aryl methyl sites for hydroxylation is 2. The Bertz CT molecular complexity index is 989. The lowest BCUT2D eigenvalue weighted by molar-refractivity contribution is -0.126. The lowest BCUT2D eigenvalue weighted by atomic mass is 9.83. The minimum Gasteiger partial charge on any atom is -0.381 e. The molecule has 8 nitrogen and oxygen atoms in total. The molecule has 0 radical (unpaired) electrons. The molecule has 158 valence electrons. The largest absolute Gasteiger partial charge is 0.381 e. The highest BCUT2D eigenvalue weighted by atomic mass is 16.5. The summed E-state index contributed by atoms with van der Waals surface area (Å²) >= 11 is 0. The van der Waals surface area contributed by atoms with E-state index in [9.17, 15) is 9.59 Å². The van der Waals surface area contributed by atoms with Crippen LogP contribution in [0.2, 0.25) is 0 Å². The number of carbonyl (C=O) groups is 2. The van der Waals surface area contributed by atoms with Crippen molar-refractivity contribution in [3.63, 3.8) is 0 Å². The minimum absolute atomic E-state index is 0.0501. The van der Waals surface area contributed by atoms with Gasteiger partial charge in [0.1, 0.15) is 0 Å². The van der Waals surface area contributed by atoms with Crippen LogP contribution in [0.3, 0.4) is 0 Å². The molecule has 1 N–H and O–H groups in total. The maximum absolute atomic E-state index is 12.8. The molecule has 2 atom stereocenters. The fourth-order valence-electron chi connectivity index (χ4n) is 4.19. The number of likely N-dealkylation sites (tertiary alicyclic amines) is 1. The average molecular weight is 409 g/mol. The Morgan fingerprint density at radius 3 is 2.83 bits per heavy atom. The van der Waals surface area contributed by atoms with Crippen molar-refractivity contribution in [2.45, 2.75) is 12.0 Å². The van der Waals surface area contributed by atoms with E-state index in [1.54, 1.807) is 18.5 Å². The first-order valence-corrected chi connectivity index (χ1v) is 10.1. The van der Waals surface area contributed by atoms with Crippen LogP contribution in [0.25, 0.3) is 12.2 Å². The fraction of sp³-hybridized carbons (Fsp3) is 0.409. The number of hydrogen-bond acceptors (Lipinski definition) is 4. The summed E-state index contributed by atoms with van der Waals surface area (Å²) in [6.45, 7) is 2.17. The van der Waals surface area contributed by atoms with Gasteiger partial charge in [-0.1, -0.05) is 0 Å². The highest BCUT2D eigenvalue weighted by Gasteiger charge is 2.50. The second-order valence-electron chi connectivity index (χ2n) is 8.13. The van der Waals surface area contributed by atoms with Gasteiger partial charge in [0.2, 0.25) is 11.8 Å². The van der Waals surface area contributed by atoms with Crippen molar-refractivity contribution in [1.29, 1.82) is 0 Å². The molecule has 0 bridgehead atoms. The molecule has 4 heterocycles. The summed E-state index contributed by atoms with van der Waals surface area (Å²) in [5, 5.41) is 3.17. The number of amides is 2. The highest BCUT2D eigenvalue weighted by molar-refractivity contribution is 5.93. The van der Waals surface area contributed by atoms with Gasteiger partial charge in [0, 0.05) is 70.5 Å². The van der Waals surface area contributed by atoms with E-state index in [1.807, 2.05) is 58.9 Å². The minimum atomic E-state index is -0.458. The fourth-order valence-corrected chi connectivity index (χ4v) is 4.19. The molecule has 30 heavy (non-hydrogen) atoms. The summed E-state index contributed by atoms with van der Waals surface area (Å²) in [6.07, 6.45) is 14.7. The Kier molecular flexibility index (Phi) is 5.59. The van der Waals surface area contributed by atoms with Crippen LogP contribution in [0.4, 0.5) is 0 Å². The molecule has 2 aromatic heterocycles. The van der Waals surface area contributed by atoms with E-state index < -0.39 is 5.54 Å².